The highest BCUT2D eigenvalue weighted by atomic mass is 127. The van der Waals surface area contributed by atoms with Crippen LogP contribution in [0.5, 0.6) is 0 Å². The number of fused-ring (bicyclic) bond motifs is 2. The predicted octanol–water partition coefficient (Wildman–Crippen LogP) is 3.99. The summed E-state index contributed by atoms with van der Waals surface area (Å²) in [6.45, 7) is 0. The Bertz CT molecular complexity index is 767. The van der Waals surface area contributed by atoms with Crippen molar-refractivity contribution in [2.24, 2.45) is 5.92 Å². The molecule has 0 bridgehead atoms. The molecule has 0 N–H and O–H groups in total. The van der Waals surface area contributed by atoms with Gasteiger partial charge in [-0.1, -0.05) is 0 Å². The van der Waals surface area contributed by atoms with Crippen molar-refractivity contribution in [1.82, 2.24) is 4.98 Å². The van der Waals surface area contributed by atoms with Crippen LogP contribution in [0.1, 0.15) is 42.0 Å². The van der Waals surface area contributed by atoms with Crippen LogP contribution in [0.2, 0.25) is 0 Å². The third-order valence-corrected chi connectivity index (χ3v) is 6.15. The summed E-state index contributed by atoms with van der Waals surface area (Å²) in [7, 11) is 1.48. The van der Waals surface area contributed by atoms with Crippen molar-refractivity contribution in [1.29, 1.82) is 0 Å². The number of ether oxygens (including phenoxy) is 1. The monoisotopic (exact) mass is 407 g/mol. The fraction of sp³-hybridized carbons (Fsp3) is 0.444. The van der Waals surface area contributed by atoms with E-state index in [-0.39, 0.29) is 11.9 Å². The molecule has 4 heteroatoms. The van der Waals surface area contributed by atoms with E-state index in [0.717, 1.165) is 19.3 Å². The van der Waals surface area contributed by atoms with Gasteiger partial charge in [0, 0.05) is 26.8 Å². The van der Waals surface area contributed by atoms with Gasteiger partial charge in [0.05, 0.1) is 13.0 Å². The standard InChI is InChI=1S/C18H18INO2/c1-22-18(21)12-5-4-11-6-13-9-20-16(10-2-3-10)8-15(13)17(19)14(11)7-12/h6,8-10,12H,2-5,7H2,1H3. The average molecular weight is 407 g/mol. The molecule has 2 aliphatic rings. The third-order valence-electron chi connectivity index (χ3n) is 4.92. The Morgan fingerprint density at radius 2 is 2.14 bits per heavy atom. The fourth-order valence-corrected chi connectivity index (χ4v) is 4.49. The molecule has 0 saturated heterocycles. The molecule has 4 rings (SSSR count). The number of carbonyl (C=O) groups excluding carboxylic acids is 1. The van der Waals surface area contributed by atoms with Crippen molar-refractivity contribution in [2.45, 2.75) is 38.0 Å². The van der Waals surface area contributed by atoms with Crippen molar-refractivity contribution < 1.29 is 9.53 Å². The molecule has 22 heavy (non-hydrogen) atoms. The Hall–Kier alpha value is -1.17. The molecule has 1 atom stereocenters. The largest absolute Gasteiger partial charge is 0.469 e. The van der Waals surface area contributed by atoms with Crippen LogP contribution in [0, 0.1) is 9.49 Å². The Kier molecular flexibility index (Phi) is 3.59. The number of nitrogens with zero attached hydrogens (tertiary/aromatic N) is 1. The molecule has 1 unspecified atom stereocenters. The van der Waals surface area contributed by atoms with Crippen molar-refractivity contribution in [3.05, 3.63) is 38.7 Å². The predicted molar refractivity (Wildman–Crippen MR) is 94.0 cm³/mol. The van der Waals surface area contributed by atoms with Crippen LogP contribution < -0.4 is 0 Å². The summed E-state index contributed by atoms with van der Waals surface area (Å²) in [6.07, 6.45) is 7.20. The van der Waals surface area contributed by atoms with Crippen LogP contribution in [-0.4, -0.2) is 18.1 Å². The van der Waals surface area contributed by atoms with Gasteiger partial charge in [-0.25, -0.2) is 0 Å². The number of halogens is 1. The molecule has 1 heterocycles. The number of esters is 1. The van der Waals surface area contributed by atoms with Gasteiger partial charge >= 0.3 is 5.97 Å². The van der Waals surface area contributed by atoms with Crippen LogP contribution >= 0.6 is 22.6 Å². The molecule has 0 aliphatic heterocycles. The van der Waals surface area contributed by atoms with E-state index in [2.05, 4.69) is 39.7 Å². The highest BCUT2D eigenvalue weighted by molar-refractivity contribution is 14.1. The number of benzene rings is 1. The second kappa shape index (κ2) is 5.48. The molecule has 2 aliphatic carbocycles. The number of methoxy groups -OCH3 is 1. The van der Waals surface area contributed by atoms with Gasteiger partial charge in [-0.05, 0) is 83.3 Å². The minimum absolute atomic E-state index is 0.00760. The Balaban J connectivity index is 1.80. The molecule has 1 aromatic carbocycles. The summed E-state index contributed by atoms with van der Waals surface area (Å²) in [5.41, 5.74) is 3.94. The number of hydrogen-bond acceptors (Lipinski definition) is 3. The average Bonchev–Trinajstić information content (AvgIpc) is 3.39. The summed E-state index contributed by atoms with van der Waals surface area (Å²) in [6, 6.07) is 4.53. The molecule has 0 radical (unpaired) electrons. The summed E-state index contributed by atoms with van der Waals surface area (Å²) >= 11 is 2.45. The van der Waals surface area contributed by atoms with Gasteiger partial charge in [-0.2, -0.15) is 0 Å². The first kappa shape index (κ1) is 14.4. The Morgan fingerprint density at radius 1 is 1.32 bits per heavy atom. The van der Waals surface area contributed by atoms with Gasteiger partial charge in [0.15, 0.2) is 0 Å². The summed E-state index contributed by atoms with van der Waals surface area (Å²) in [5, 5.41) is 2.52. The van der Waals surface area contributed by atoms with Gasteiger partial charge in [0.25, 0.3) is 0 Å². The van der Waals surface area contributed by atoms with Gasteiger partial charge in [-0.15, -0.1) is 0 Å². The lowest BCUT2D eigenvalue weighted by Crippen LogP contribution is -2.24. The number of carbonyl (C=O) groups is 1. The van der Waals surface area contributed by atoms with Gasteiger partial charge in [-0.3, -0.25) is 9.78 Å². The quantitative estimate of drug-likeness (QED) is 0.558. The van der Waals surface area contributed by atoms with Crippen molar-refractivity contribution in [2.75, 3.05) is 7.11 Å². The first-order chi connectivity index (χ1) is 10.7. The molecular formula is C18H18INO2. The molecule has 3 nitrogen and oxygen atoms in total. The highest BCUT2D eigenvalue weighted by Gasteiger charge is 2.29. The normalized spacial score (nSPS) is 20.7. The second-order valence-electron chi connectivity index (χ2n) is 6.40. The lowest BCUT2D eigenvalue weighted by molar-refractivity contribution is -0.145. The molecule has 0 spiro atoms. The van der Waals surface area contributed by atoms with E-state index in [1.807, 2.05) is 6.20 Å². The van der Waals surface area contributed by atoms with E-state index < -0.39 is 0 Å². The van der Waals surface area contributed by atoms with Gasteiger partial charge in [0.1, 0.15) is 0 Å². The van der Waals surface area contributed by atoms with Crippen LogP contribution in [0.25, 0.3) is 10.8 Å². The maximum Gasteiger partial charge on any atom is 0.309 e. The molecule has 1 aromatic heterocycles. The first-order valence-electron chi connectivity index (χ1n) is 7.85. The minimum atomic E-state index is -0.0741. The second-order valence-corrected chi connectivity index (χ2v) is 7.47. The summed E-state index contributed by atoms with van der Waals surface area (Å²) in [5.74, 6) is 0.599. The van der Waals surface area contributed by atoms with Crippen LogP contribution in [0.3, 0.4) is 0 Å². The van der Waals surface area contributed by atoms with Crippen molar-refractivity contribution in [3.8, 4) is 0 Å². The van der Waals surface area contributed by atoms with Crippen molar-refractivity contribution >= 4 is 39.3 Å². The molecule has 0 amide bonds. The van der Waals surface area contributed by atoms with Gasteiger partial charge in [0.2, 0.25) is 0 Å². The molecule has 1 saturated carbocycles. The summed E-state index contributed by atoms with van der Waals surface area (Å²) in [4.78, 5) is 16.5. The van der Waals surface area contributed by atoms with Crippen LogP contribution in [0.4, 0.5) is 0 Å². The van der Waals surface area contributed by atoms with E-state index in [4.69, 9.17) is 4.74 Å². The molecule has 114 valence electrons. The first-order valence-corrected chi connectivity index (χ1v) is 8.93. The lowest BCUT2D eigenvalue weighted by atomic mass is 9.83. The number of aromatic nitrogens is 1. The third kappa shape index (κ3) is 2.41. The van der Waals surface area contributed by atoms with Crippen molar-refractivity contribution in [3.63, 3.8) is 0 Å². The van der Waals surface area contributed by atoms with Crippen LogP contribution in [0.15, 0.2) is 18.3 Å². The number of aryl methyl sites for hydroxylation is 1. The minimum Gasteiger partial charge on any atom is -0.469 e. The summed E-state index contributed by atoms with van der Waals surface area (Å²) < 4.78 is 6.23. The lowest BCUT2D eigenvalue weighted by Gasteiger charge is -2.25. The Labute approximate surface area is 143 Å². The van der Waals surface area contributed by atoms with E-state index in [0.29, 0.717) is 5.92 Å². The number of rotatable bonds is 2. The smallest absolute Gasteiger partial charge is 0.309 e. The SMILES string of the molecule is COC(=O)C1CCc2cc3cnc(C4CC4)cc3c(I)c2C1. The Morgan fingerprint density at radius 3 is 2.86 bits per heavy atom. The topological polar surface area (TPSA) is 39.2 Å². The number of pyridine rings is 1. The van der Waals surface area contributed by atoms with E-state index in [1.54, 1.807) is 0 Å². The zero-order valence-corrected chi connectivity index (χ0v) is 14.7. The zero-order chi connectivity index (χ0) is 15.3. The maximum absolute atomic E-state index is 11.9. The van der Waals surface area contributed by atoms with E-state index in [9.17, 15) is 4.79 Å². The van der Waals surface area contributed by atoms with Crippen LogP contribution in [-0.2, 0) is 22.4 Å². The van der Waals surface area contributed by atoms with E-state index in [1.165, 1.54) is 51.1 Å². The highest BCUT2D eigenvalue weighted by Crippen LogP contribution is 2.41. The van der Waals surface area contributed by atoms with E-state index >= 15 is 0 Å². The number of hydrogen-bond donors (Lipinski definition) is 0. The maximum atomic E-state index is 11.9. The zero-order valence-electron chi connectivity index (χ0n) is 12.6. The molecule has 1 fully saturated rings. The molecular weight excluding hydrogens is 389 g/mol. The van der Waals surface area contributed by atoms with Gasteiger partial charge < -0.3 is 4.74 Å². The fourth-order valence-electron chi connectivity index (χ4n) is 3.46. The molecule has 2 aromatic rings.